The Morgan fingerprint density at radius 1 is 1.31 bits per heavy atom. The second kappa shape index (κ2) is 6.32. The van der Waals surface area contributed by atoms with Crippen molar-refractivity contribution in [2.24, 2.45) is 5.73 Å². The summed E-state index contributed by atoms with van der Waals surface area (Å²) in [5.41, 5.74) is 7.20. The number of ether oxygens (including phenoxy) is 2. The van der Waals surface area contributed by atoms with Crippen LogP contribution in [0, 0.1) is 11.8 Å². The molecule has 1 atom stereocenters. The molecule has 3 aliphatic rings. The quantitative estimate of drug-likeness (QED) is 0.657. The van der Waals surface area contributed by atoms with Crippen molar-refractivity contribution in [1.82, 2.24) is 14.7 Å². The molecule has 1 unspecified atom stereocenters. The van der Waals surface area contributed by atoms with Crippen molar-refractivity contribution in [3.05, 3.63) is 41.2 Å². The van der Waals surface area contributed by atoms with Gasteiger partial charge in [-0.15, -0.1) is 0 Å². The van der Waals surface area contributed by atoms with E-state index in [1.165, 1.54) is 4.90 Å². The molecule has 8 heteroatoms. The normalized spacial score (nSPS) is 24.1. The molecule has 2 fully saturated rings. The maximum Gasteiger partial charge on any atom is 0.267 e. The van der Waals surface area contributed by atoms with Crippen LogP contribution < -0.4 is 10.5 Å². The Labute approximate surface area is 168 Å². The van der Waals surface area contributed by atoms with E-state index >= 15 is 0 Å². The fourth-order valence-corrected chi connectivity index (χ4v) is 3.99. The van der Waals surface area contributed by atoms with Crippen LogP contribution in [-0.2, 0) is 21.5 Å². The van der Waals surface area contributed by atoms with Gasteiger partial charge in [-0.25, -0.2) is 4.68 Å². The van der Waals surface area contributed by atoms with Gasteiger partial charge in [-0.05, 0) is 24.3 Å². The molecule has 1 spiro atoms. The lowest BCUT2D eigenvalue weighted by Crippen LogP contribution is -2.51. The number of nitrogens with two attached hydrogens (primary N) is 1. The summed E-state index contributed by atoms with van der Waals surface area (Å²) in [5, 5.41) is 15.2. The Hall–Kier alpha value is -2.86. The van der Waals surface area contributed by atoms with Gasteiger partial charge in [0.1, 0.15) is 18.0 Å². The highest BCUT2D eigenvalue weighted by Crippen LogP contribution is 2.40. The number of fused-ring (bicyclic) bond motifs is 4. The highest BCUT2D eigenvalue weighted by atomic mass is 16.5. The average Bonchev–Trinajstić information content (AvgIpc) is 3.20. The van der Waals surface area contributed by atoms with E-state index in [-0.39, 0.29) is 11.3 Å². The maximum atomic E-state index is 12.2. The maximum absolute atomic E-state index is 12.2. The van der Waals surface area contributed by atoms with Gasteiger partial charge in [0.05, 0.1) is 30.0 Å². The number of benzene rings is 1. The van der Waals surface area contributed by atoms with E-state index in [4.69, 9.17) is 15.2 Å². The van der Waals surface area contributed by atoms with E-state index < -0.39 is 5.60 Å². The van der Waals surface area contributed by atoms with Crippen LogP contribution in [-0.4, -0.2) is 64.7 Å². The standard InChI is InChI=1S/C21H22N4O4/c1-24-7-6-21(27,19(24)26)5-4-14-2-3-17-16(8-14)25-18(9-15(10-22)23-25)20(13-29-17)11-28-12-20/h2-3,8-9,27H,6-7,10-13,22H2,1H3. The zero-order chi connectivity index (χ0) is 20.2. The van der Waals surface area contributed by atoms with Gasteiger partial charge in [0.25, 0.3) is 5.91 Å². The number of carbonyl (C=O) groups is 1. The Morgan fingerprint density at radius 2 is 2.14 bits per heavy atom. The number of aromatic nitrogens is 2. The second-order valence-corrected chi connectivity index (χ2v) is 7.97. The summed E-state index contributed by atoms with van der Waals surface area (Å²) in [6, 6.07) is 7.54. The summed E-state index contributed by atoms with van der Waals surface area (Å²) in [5.74, 6) is 6.05. The number of aliphatic hydroxyl groups is 1. The summed E-state index contributed by atoms with van der Waals surface area (Å²) in [6.45, 7) is 2.49. The Kier molecular flexibility index (Phi) is 3.96. The summed E-state index contributed by atoms with van der Waals surface area (Å²) >= 11 is 0. The Balaban J connectivity index is 1.56. The highest BCUT2D eigenvalue weighted by molar-refractivity contribution is 5.90. The van der Waals surface area contributed by atoms with Gasteiger partial charge in [0.2, 0.25) is 5.60 Å². The molecule has 29 heavy (non-hydrogen) atoms. The largest absolute Gasteiger partial charge is 0.490 e. The predicted molar refractivity (Wildman–Crippen MR) is 104 cm³/mol. The number of likely N-dealkylation sites (N-methyl/N-ethyl adjacent to an activating group) is 1. The Bertz CT molecular complexity index is 1060. The molecule has 3 aliphatic heterocycles. The third-order valence-electron chi connectivity index (χ3n) is 5.88. The smallest absolute Gasteiger partial charge is 0.267 e. The third-order valence-corrected chi connectivity index (χ3v) is 5.88. The van der Waals surface area contributed by atoms with E-state index in [1.54, 1.807) is 7.05 Å². The minimum Gasteiger partial charge on any atom is -0.490 e. The third kappa shape index (κ3) is 2.74. The minimum absolute atomic E-state index is 0.235. The van der Waals surface area contributed by atoms with E-state index in [2.05, 4.69) is 16.9 Å². The minimum atomic E-state index is -1.63. The fourth-order valence-electron chi connectivity index (χ4n) is 3.99. The van der Waals surface area contributed by atoms with Gasteiger partial charge < -0.3 is 25.2 Å². The molecule has 0 radical (unpaired) electrons. The summed E-state index contributed by atoms with van der Waals surface area (Å²) < 4.78 is 13.4. The van der Waals surface area contributed by atoms with Crippen molar-refractivity contribution in [2.75, 3.05) is 33.4 Å². The van der Waals surface area contributed by atoms with Gasteiger partial charge in [-0.2, -0.15) is 5.10 Å². The first-order valence-corrected chi connectivity index (χ1v) is 9.60. The van der Waals surface area contributed by atoms with E-state index in [9.17, 15) is 9.90 Å². The van der Waals surface area contributed by atoms with Crippen molar-refractivity contribution in [3.8, 4) is 23.3 Å². The van der Waals surface area contributed by atoms with Crippen LogP contribution in [0.4, 0.5) is 0 Å². The van der Waals surface area contributed by atoms with Crippen LogP contribution >= 0.6 is 0 Å². The summed E-state index contributed by atoms with van der Waals surface area (Å²) in [7, 11) is 1.66. The number of likely N-dealkylation sites (tertiary alicyclic amines) is 1. The number of amides is 1. The van der Waals surface area contributed by atoms with Crippen LogP contribution in [0.3, 0.4) is 0 Å². The topological polar surface area (TPSA) is 103 Å². The molecular weight excluding hydrogens is 372 g/mol. The molecule has 0 saturated carbocycles. The lowest BCUT2D eigenvalue weighted by Gasteiger charge is -2.39. The number of hydrogen-bond donors (Lipinski definition) is 2. The first-order valence-electron chi connectivity index (χ1n) is 9.60. The molecule has 8 nitrogen and oxygen atoms in total. The van der Waals surface area contributed by atoms with Crippen molar-refractivity contribution < 1.29 is 19.4 Å². The SMILES string of the molecule is CN1CCC(O)(C#Cc2ccc3c(c2)-n2nc(CN)cc2C2(COC2)CO3)C1=O. The number of carbonyl (C=O) groups excluding carboxylic acids is 1. The van der Waals surface area contributed by atoms with Gasteiger partial charge >= 0.3 is 0 Å². The number of nitrogens with zero attached hydrogens (tertiary/aromatic N) is 3. The van der Waals surface area contributed by atoms with Gasteiger partial charge in [0.15, 0.2) is 0 Å². The average molecular weight is 394 g/mol. The van der Waals surface area contributed by atoms with Crippen molar-refractivity contribution in [2.45, 2.75) is 24.0 Å². The van der Waals surface area contributed by atoms with Gasteiger partial charge in [0, 0.05) is 32.1 Å². The molecule has 2 saturated heterocycles. The zero-order valence-electron chi connectivity index (χ0n) is 16.1. The van der Waals surface area contributed by atoms with Crippen molar-refractivity contribution in [3.63, 3.8) is 0 Å². The van der Waals surface area contributed by atoms with Gasteiger partial charge in [-0.1, -0.05) is 11.8 Å². The van der Waals surface area contributed by atoms with E-state index in [0.717, 1.165) is 17.1 Å². The Morgan fingerprint density at radius 3 is 2.79 bits per heavy atom. The molecule has 5 rings (SSSR count). The van der Waals surface area contributed by atoms with Crippen LogP contribution in [0.5, 0.6) is 5.75 Å². The zero-order valence-corrected chi connectivity index (χ0v) is 16.1. The molecule has 150 valence electrons. The molecule has 1 amide bonds. The van der Waals surface area contributed by atoms with Crippen LogP contribution in [0.1, 0.15) is 23.4 Å². The van der Waals surface area contributed by atoms with Gasteiger partial charge in [-0.3, -0.25) is 4.79 Å². The first-order chi connectivity index (χ1) is 13.9. The summed E-state index contributed by atoms with van der Waals surface area (Å²) in [4.78, 5) is 13.6. The van der Waals surface area contributed by atoms with E-state index in [1.807, 2.05) is 28.9 Å². The highest BCUT2D eigenvalue weighted by Gasteiger charge is 2.46. The molecule has 0 bridgehead atoms. The monoisotopic (exact) mass is 394 g/mol. The molecule has 0 aliphatic carbocycles. The molecule has 1 aromatic heterocycles. The first kappa shape index (κ1) is 18.2. The van der Waals surface area contributed by atoms with Crippen molar-refractivity contribution in [1.29, 1.82) is 0 Å². The molecule has 4 heterocycles. The lowest BCUT2D eigenvalue weighted by atomic mass is 9.83. The lowest BCUT2D eigenvalue weighted by molar-refractivity contribution is -0.137. The number of rotatable bonds is 1. The fraction of sp³-hybridized carbons (Fsp3) is 0.429. The molecule has 2 aromatic rings. The van der Waals surface area contributed by atoms with Crippen LogP contribution in [0.25, 0.3) is 5.69 Å². The summed E-state index contributed by atoms with van der Waals surface area (Å²) in [6.07, 6.45) is 0.301. The molecule has 1 aromatic carbocycles. The molecular formula is C21H22N4O4. The number of hydrogen-bond acceptors (Lipinski definition) is 6. The van der Waals surface area contributed by atoms with Crippen LogP contribution in [0.2, 0.25) is 0 Å². The second-order valence-electron chi connectivity index (χ2n) is 7.97. The molecule has 3 N–H and O–H groups in total. The van der Waals surface area contributed by atoms with E-state index in [0.29, 0.717) is 50.6 Å². The predicted octanol–water partition coefficient (Wildman–Crippen LogP) is -0.0639. The van der Waals surface area contributed by atoms with Crippen LogP contribution in [0.15, 0.2) is 24.3 Å². The van der Waals surface area contributed by atoms with Crippen molar-refractivity contribution >= 4 is 5.91 Å².